The Morgan fingerprint density at radius 3 is 2.49 bits per heavy atom. The number of anilines is 1. The van der Waals surface area contributed by atoms with Crippen LogP contribution in [-0.2, 0) is 19.4 Å². The summed E-state index contributed by atoms with van der Waals surface area (Å²) in [6.07, 6.45) is 2.69. The number of nitrogens with two attached hydrogens (primary N) is 1. The fourth-order valence-electron chi connectivity index (χ4n) is 3.81. The van der Waals surface area contributed by atoms with Crippen LogP contribution in [0.25, 0.3) is 0 Å². The molecule has 0 unspecified atom stereocenters. The van der Waals surface area contributed by atoms with E-state index in [0.717, 1.165) is 12.3 Å². The molecule has 10 nitrogen and oxygen atoms in total. The van der Waals surface area contributed by atoms with Crippen LogP contribution in [0.2, 0.25) is 5.02 Å². The van der Waals surface area contributed by atoms with Gasteiger partial charge in [0.2, 0.25) is 11.8 Å². The molecule has 37 heavy (non-hydrogen) atoms. The molecule has 0 aromatic heterocycles. The number of nitriles is 1. The molecule has 1 aliphatic rings. The van der Waals surface area contributed by atoms with Crippen molar-refractivity contribution in [2.45, 2.75) is 58.2 Å². The molecule has 13 heteroatoms. The normalized spacial score (nSPS) is 18.0. The van der Waals surface area contributed by atoms with Crippen LogP contribution in [-0.4, -0.2) is 62.0 Å². The molecule has 4 N–H and O–H groups in total. The third-order valence-corrected chi connectivity index (χ3v) is 7.95. The van der Waals surface area contributed by atoms with Gasteiger partial charge in [0, 0.05) is 18.4 Å². The smallest absolute Gasteiger partial charge is 0.252 e. The predicted molar refractivity (Wildman–Crippen MR) is 142 cm³/mol. The lowest BCUT2D eigenvalue weighted by Gasteiger charge is -2.35. The molecule has 0 saturated carbocycles. The number of halogens is 2. The molecule has 0 bridgehead atoms. The molecule has 202 valence electrons. The van der Waals surface area contributed by atoms with Crippen molar-refractivity contribution in [3.8, 4) is 6.07 Å². The predicted octanol–water partition coefficient (Wildman–Crippen LogP) is 2.58. The minimum atomic E-state index is -3.72. The van der Waals surface area contributed by atoms with E-state index in [0.29, 0.717) is 18.5 Å². The Labute approximate surface area is 227 Å². The summed E-state index contributed by atoms with van der Waals surface area (Å²) in [5, 5.41) is 14.7. The number of benzene rings is 1. The monoisotopic (exact) mass is 571 g/mol. The number of nitrogens with one attached hydrogen (secondary N) is 2. The Balaban J connectivity index is 2.26. The first-order chi connectivity index (χ1) is 17.1. The van der Waals surface area contributed by atoms with Gasteiger partial charge >= 0.3 is 0 Å². The second-order valence-electron chi connectivity index (χ2n) is 9.92. The fraction of sp³-hybridized carbons (Fsp3) is 0.500. The highest BCUT2D eigenvalue weighted by Crippen LogP contribution is 2.27. The molecule has 1 fully saturated rings. The molecule has 2 rings (SSSR count). The second-order valence-corrected chi connectivity index (χ2v) is 12.9. The summed E-state index contributed by atoms with van der Waals surface area (Å²) in [5.41, 5.74) is 5.55. The third-order valence-electron chi connectivity index (χ3n) is 5.81. The number of hydrogen-bond acceptors (Lipinski definition) is 7. The summed E-state index contributed by atoms with van der Waals surface area (Å²) in [4.78, 5) is 41.1. The molecule has 0 radical (unpaired) electrons. The molecule has 0 spiro atoms. The quantitative estimate of drug-likeness (QED) is 0.403. The van der Waals surface area contributed by atoms with Gasteiger partial charge in [-0.1, -0.05) is 44.0 Å². The molecule has 1 aromatic rings. The van der Waals surface area contributed by atoms with Crippen LogP contribution in [0.15, 0.2) is 28.6 Å². The summed E-state index contributed by atoms with van der Waals surface area (Å²) in [6.45, 7) is 5.66. The van der Waals surface area contributed by atoms with E-state index in [-0.39, 0.29) is 23.6 Å². The number of carbonyl (C=O) groups is 3. The van der Waals surface area contributed by atoms with E-state index in [4.69, 9.17) is 34.2 Å². The van der Waals surface area contributed by atoms with E-state index in [1.54, 1.807) is 20.8 Å². The molecular formula is C24H31Cl2N5O5S. The lowest BCUT2D eigenvalue weighted by molar-refractivity contribution is -0.142. The highest BCUT2D eigenvalue weighted by atomic mass is 35.5. The van der Waals surface area contributed by atoms with Gasteiger partial charge in [0.15, 0.2) is 9.84 Å². The van der Waals surface area contributed by atoms with Gasteiger partial charge < -0.3 is 21.3 Å². The zero-order valence-corrected chi connectivity index (χ0v) is 23.4. The van der Waals surface area contributed by atoms with Crippen molar-refractivity contribution in [2.75, 3.05) is 18.5 Å². The average Bonchev–Trinajstić information content (AvgIpc) is 3.27. The van der Waals surface area contributed by atoms with Crippen molar-refractivity contribution >= 4 is 56.4 Å². The number of rotatable bonds is 8. The molecule has 1 aliphatic heterocycles. The van der Waals surface area contributed by atoms with Gasteiger partial charge in [-0.2, -0.15) is 5.26 Å². The van der Waals surface area contributed by atoms with Gasteiger partial charge in [-0.05, 0) is 42.5 Å². The summed E-state index contributed by atoms with van der Waals surface area (Å²) in [6, 6.07) is 3.47. The van der Waals surface area contributed by atoms with E-state index in [9.17, 15) is 22.8 Å². The molecule has 0 aliphatic carbocycles. The van der Waals surface area contributed by atoms with Crippen LogP contribution in [0.1, 0.15) is 50.4 Å². The standard InChI is InChI=1S/C24H31Cl2N5O5S/c1-24(2,3)20(30-21(32)14-7-8-17(28)16(25)12-14)23(34)31-11-5-6-18(31)22(33)29-15(9-10-27)13-19(26)37(4,35)36/h7-8,12-13,15,18,20H,5-6,9,11,28H2,1-4H3,(H,29,33)(H,30,32)/b19-13+/t15-,18+,20-/m0/s1. The Kier molecular flexibility index (Phi) is 9.99. The Morgan fingerprint density at radius 1 is 1.30 bits per heavy atom. The topological polar surface area (TPSA) is 162 Å². The molecule has 1 heterocycles. The van der Waals surface area contributed by atoms with Gasteiger partial charge in [-0.25, -0.2) is 8.42 Å². The number of nitrogens with zero attached hydrogens (tertiary/aromatic N) is 2. The number of sulfone groups is 1. The first kappa shape index (κ1) is 30.4. The van der Waals surface area contributed by atoms with E-state index < -0.39 is 55.5 Å². The van der Waals surface area contributed by atoms with Crippen LogP contribution < -0.4 is 16.4 Å². The zero-order chi connectivity index (χ0) is 28.1. The lowest BCUT2D eigenvalue weighted by atomic mass is 9.85. The summed E-state index contributed by atoms with van der Waals surface area (Å²) in [7, 11) is -3.72. The maximum atomic E-state index is 13.6. The molecule has 3 amide bonds. The molecule has 1 aromatic carbocycles. The molecule has 1 saturated heterocycles. The number of nitrogen functional groups attached to an aromatic ring is 1. The number of amides is 3. The van der Waals surface area contributed by atoms with Gasteiger partial charge in [0.1, 0.15) is 16.4 Å². The van der Waals surface area contributed by atoms with Crippen LogP contribution in [0.5, 0.6) is 0 Å². The number of carbonyl (C=O) groups excluding carboxylic acids is 3. The maximum absolute atomic E-state index is 13.6. The zero-order valence-electron chi connectivity index (χ0n) is 21.0. The largest absolute Gasteiger partial charge is 0.398 e. The minimum Gasteiger partial charge on any atom is -0.398 e. The first-order valence-electron chi connectivity index (χ1n) is 11.5. The minimum absolute atomic E-state index is 0.208. The molecular weight excluding hydrogens is 541 g/mol. The highest BCUT2D eigenvalue weighted by molar-refractivity contribution is 7.96. The average molecular weight is 573 g/mol. The van der Waals surface area contributed by atoms with Crippen molar-refractivity contribution in [2.24, 2.45) is 5.41 Å². The van der Waals surface area contributed by atoms with Crippen molar-refractivity contribution in [3.63, 3.8) is 0 Å². The van der Waals surface area contributed by atoms with Crippen molar-refractivity contribution in [1.29, 1.82) is 5.26 Å². The summed E-state index contributed by atoms with van der Waals surface area (Å²) >= 11 is 11.8. The second kappa shape index (κ2) is 12.2. The summed E-state index contributed by atoms with van der Waals surface area (Å²) in [5.74, 6) is -1.52. The van der Waals surface area contributed by atoms with E-state index in [1.807, 2.05) is 6.07 Å². The Bertz CT molecular complexity index is 1240. The van der Waals surface area contributed by atoms with Crippen molar-refractivity contribution in [3.05, 3.63) is 39.2 Å². The van der Waals surface area contributed by atoms with Gasteiger partial charge in [-0.15, -0.1) is 0 Å². The Hall–Kier alpha value is -2.81. The summed E-state index contributed by atoms with van der Waals surface area (Å²) < 4.78 is 22.8. The van der Waals surface area contributed by atoms with Crippen LogP contribution in [0, 0.1) is 16.7 Å². The first-order valence-corrected chi connectivity index (χ1v) is 14.1. The Morgan fingerprint density at radius 2 is 1.95 bits per heavy atom. The van der Waals surface area contributed by atoms with Gasteiger partial charge in [0.05, 0.1) is 29.2 Å². The molecule has 3 atom stereocenters. The van der Waals surface area contributed by atoms with Crippen LogP contribution in [0.4, 0.5) is 5.69 Å². The van der Waals surface area contributed by atoms with Crippen molar-refractivity contribution < 1.29 is 22.8 Å². The number of likely N-dealkylation sites (tertiary alicyclic amines) is 1. The number of hydrogen-bond donors (Lipinski definition) is 3. The van der Waals surface area contributed by atoms with E-state index in [1.165, 1.54) is 23.1 Å². The highest BCUT2D eigenvalue weighted by Gasteiger charge is 2.42. The van der Waals surface area contributed by atoms with Gasteiger partial charge in [-0.3, -0.25) is 14.4 Å². The van der Waals surface area contributed by atoms with Crippen LogP contribution >= 0.6 is 23.2 Å². The fourth-order valence-corrected chi connectivity index (χ4v) is 4.56. The van der Waals surface area contributed by atoms with Crippen molar-refractivity contribution in [1.82, 2.24) is 15.5 Å². The van der Waals surface area contributed by atoms with Crippen LogP contribution in [0.3, 0.4) is 0 Å². The SMILES string of the molecule is CC(C)(C)[C@@H](NC(=O)c1ccc(N)c(Cl)c1)C(=O)N1CCC[C@@H]1C(=O)N[C@H](/C=C(\Cl)S(C)(=O)=O)CC#N. The van der Waals surface area contributed by atoms with E-state index >= 15 is 0 Å². The van der Waals surface area contributed by atoms with Gasteiger partial charge in [0.25, 0.3) is 5.91 Å². The third kappa shape index (κ3) is 8.09. The van der Waals surface area contributed by atoms with E-state index in [2.05, 4.69) is 10.6 Å². The lowest BCUT2D eigenvalue weighted by Crippen LogP contribution is -2.58. The maximum Gasteiger partial charge on any atom is 0.252 e.